The van der Waals surface area contributed by atoms with Crippen LogP contribution >= 0.6 is 34.8 Å². The molecule has 1 unspecified atom stereocenters. The van der Waals surface area contributed by atoms with Gasteiger partial charge < -0.3 is 16.0 Å². The van der Waals surface area contributed by atoms with Gasteiger partial charge in [0.15, 0.2) is 0 Å². The van der Waals surface area contributed by atoms with Gasteiger partial charge in [-0.2, -0.15) is 0 Å². The molecular formula is C20H14Cl3FN4O. The number of carbonyl (C=O) groups excluding carboxylic acids is 1. The second-order valence-electron chi connectivity index (χ2n) is 6.43. The molecule has 9 heteroatoms. The Hall–Kier alpha value is -2.54. The molecule has 1 aliphatic heterocycles. The number of rotatable bonds is 3. The average Bonchev–Trinajstić information content (AvgIpc) is 3.09. The fourth-order valence-corrected chi connectivity index (χ4v) is 3.66. The van der Waals surface area contributed by atoms with E-state index in [2.05, 4.69) is 20.9 Å². The van der Waals surface area contributed by atoms with Crippen molar-refractivity contribution in [3.8, 4) is 0 Å². The largest absolute Gasteiger partial charge is 0.347 e. The summed E-state index contributed by atoms with van der Waals surface area (Å²) in [6.07, 6.45) is 4.08. The number of para-hydroxylation sites is 1. The minimum absolute atomic E-state index is 0.0580. The van der Waals surface area contributed by atoms with E-state index in [1.54, 1.807) is 24.3 Å². The minimum Gasteiger partial charge on any atom is -0.347 e. The van der Waals surface area contributed by atoms with Gasteiger partial charge in [-0.25, -0.2) is 9.38 Å². The number of fused-ring (bicyclic) bond motifs is 1. The quantitative estimate of drug-likeness (QED) is 0.587. The molecule has 3 N–H and O–H groups in total. The van der Waals surface area contributed by atoms with Crippen LogP contribution in [0.1, 0.15) is 6.42 Å². The van der Waals surface area contributed by atoms with E-state index < -0.39 is 5.82 Å². The van der Waals surface area contributed by atoms with Gasteiger partial charge in [0.25, 0.3) is 5.91 Å². The fourth-order valence-electron chi connectivity index (χ4n) is 2.99. The lowest BCUT2D eigenvalue weighted by Crippen LogP contribution is -2.34. The summed E-state index contributed by atoms with van der Waals surface area (Å²) < 4.78 is 13.3. The van der Waals surface area contributed by atoms with Crippen LogP contribution in [0, 0.1) is 5.82 Å². The number of aliphatic imine (C=N–C) groups is 1. The first-order valence-corrected chi connectivity index (χ1v) is 9.78. The van der Waals surface area contributed by atoms with E-state index in [9.17, 15) is 9.18 Å². The van der Waals surface area contributed by atoms with E-state index in [4.69, 9.17) is 34.8 Å². The summed E-state index contributed by atoms with van der Waals surface area (Å²) >= 11 is 18.1. The molecule has 2 aliphatic rings. The summed E-state index contributed by atoms with van der Waals surface area (Å²) in [5.74, 6) is -0.377. The molecule has 2 aromatic rings. The maximum atomic E-state index is 13.3. The van der Waals surface area contributed by atoms with Crippen LogP contribution in [0.5, 0.6) is 0 Å². The van der Waals surface area contributed by atoms with E-state index >= 15 is 0 Å². The number of nitrogens with zero attached hydrogens (tertiary/aromatic N) is 1. The Bertz CT molecular complexity index is 1080. The van der Waals surface area contributed by atoms with Crippen LogP contribution < -0.4 is 16.0 Å². The molecule has 0 bridgehead atoms. The maximum absolute atomic E-state index is 13.3. The fraction of sp³-hybridized carbons (Fsp3) is 0.100. The van der Waals surface area contributed by atoms with E-state index in [0.717, 1.165) is 0 Å². The van der Waals surface area contributed by atoms with Gasteiger partial charge in [-0.05, 0) is 42.8 Å². The third-order valence-corrected chi connectivity index (χ3v) is 5.35. The number of benzene rings is 2. The van der Waals surface area contributed by atoms with Crippen molar-refractivity contribution in [3.05, 3.63) is 80.7 Å². The van der Waals surface area contributed by atoms with Gasteiger partial charge in [0.2, 0.25) is 5.96 Å². The summed E-state index contributed by atoms with van der Waals surface area (Å²) in [7, 11) is 0. The van der Waals surface area contributed by atoms with Gasteiger partial charge in [0, 0.05) is 11.3 Å². The molecule has 1 atom stereocenters. The van der Waals surface area contributed by atoms with Crippen LogP contribution in [0.4, 0.5) is 15.8 Å². The van der Waals surface area contributed by atoms with E-state index in [1.165, 1.54) is 18.2 Å². The standard InChI is InChI=1S/C20H14Cl3FN4O/c21-12-2-1-3-13(22)18(12)28-20-26-16-7-4-10(8-17(16)27-20)19(29)25-11-5-6-15(24)14(23)9-11/h1-6,8-9,16H,7H2,(H,25,29)(H2,26,27,28). The topological polar surface area (TPSA) is 65.5 Å². The molecule has 1 aliphatic carbocycles. The molecule has 0 saturated heterocycles. The van der Waals surface area contributed by atoms with Crippen LogP contribution in [0.15, 0.2) is 64.8 Å². The van der Waals surface area contributed by atoms with E-state index in [-0.39, 0.29) is 17.0 Å². The average molecular weight is 452 g/mol. The Kier molecular flexibility index (Phi) is 5.50. The first-order valence-electron chi connectivity index (χ1n) is 8.65. The van der Waals surface area contributed by atoms with Crippen LogP contribution in [0.25, 0.3) is 0 Å². The number of halogens is 4. The van der Waals surface area contributed by atoms with E-state index in [0.29, 0.717) is 45.1 Å². The molecule has 1 heterocycles. The Balaban J connectivity index is 1.49. The predicted octanol–water partition coefficient (Wildman–Crippen LogP) is 5.38. The van der Waals surface area contributed by atoms with Crippen molar-refractivity contribution in [1.29, 1.82) is 0 Å². The third-order valence-electron chi connectivity index (χ3n) is 4.43. The van der Waals surface area contributed by atoms with Gasteiger partial charge in [-0.15, -0.1) is 0 Å². The smallest absolute Gasteiger partial charge is 0.255 e. The molecular weight excluding hydrogens is 438 g/mol. The highest BCUT2D eigenvalue weighted by atomic mass is 35.5. The van der Waals surface area contributed by atoms with Crippen molar-refractivity contribution in [2.45, 2.75) is 12.5 Å². The molecule has 29 heavy (non-hydrogen) atoms. The first-order chi connectivity index (χ1) is 13.9. The van der Waals surface area contributed by atoms with Gasteiger partial charge in [-0.3, -0.25) is 4.79 Å². The highest BCUT2D eigenvalue weighted by Gasteiger charge is 2.27. The molecule has 0 aromatic heterocycles. The maximum Gasteiger partial charge on any atom is 0.255 e. The summed E-state index contributed by atoms with van der Waals surface area (Å²) in [5.41, 5.74) is 2.13. The summed E-state index contributed by atoms with van der Waals surface area (Å²) in [6.45, 7) is 0. The number of hydrogen-bond acceptors (Lipinski definition) is 4. The molecule has 148 valence electrons. The molecule has 2 aromatic carbocycles. The Morgan fingerprint density at radius 1 is 1.14 bits per heavy atom. The van der Waals surface area contributed by atoms with Crippen LogP contribution in [0.3, 0.4) is 0 Å². The zero-order chi connectivity index (χ0) is 20.5. The van der Waals surface area contributed by atoms with Crippen LogP contribution in [-0.2, 0) is 4.79 Å². The lowest BCUT2D eigenvalue weighted by Gasteiger charge is -2.17. The van der Waals surface area contributed by atoms with Crippen LogP contribution in [-0.4, -0.2) is 17.9 Å². The molecule has 4 rings (SSSR count). The second-order valence-corrected chi connectivity index (χ2v) is 7.65. The lowest BCUT2D eigenvalue weighted by molar-refractivity contribution is -0.112. The molecule has 1 amide bonds. The number of anilines is 2. The number of carbonyl (C=O) groups is 1. The second kappa shape index (κ2) is 8.06. The number of amides is 1. The van der Waals surface area contributed by atoms with E-state index in [1.807, 2.05) is 6.08 Å². The minimum atomic E-state index is -0.545. The molecule has 0 radical (unpaired) electrons. The van der Waals surface area contributed by atoms with Crippen molar-refractivity contribution in [3.63, 3.8) is 0 Å². The highest BCUT2D eigenvalue weighted by molar-refractivity contribution is 6.39. The number of nitrogens with one attached hydrogen (secondary N) is 3. The SMILES string of the molecule is O=C(Nc1ccc(F)c(Cl)c1)C1=CCC2NC(Nc3c(Cl)cccc3Cl)=NC2=C1. The predicted molar refractivity (Wildman–Crippen MR) is 115 cm³/mol. The summed E-state index contributed by atoms with van der Waals surface area (Å²) in [6, 6.07) is 9.15. The number of guanidine groups is 1. The van der Waals surface area contributed by atoms with Crippen molar-refractivity contribution < 1.29 is 9.18 Å². The first kappa shape index (κ1) is 19.8. The zero-order valence-electron chi connectivity index (χ0n) is 14.8. The number of hydrogen-bond donors (Lipinski definition) is 3. The van der Waals surface area contributed by atoms with Gasteiger partial charge in [-0.1, -0.05) is 46.9 Å². The lowest BCUT2D eigenvalue weighted by atomic mass is 10.00. The van der Waals surface area contributed by atoms with Crippen molar-refractivity contribution in [1.82, 2.24) is 5.32 Å². The van der Waals surface area contributed by atoms with Crippen molar-refractivity contribution >= 4 is 58.0 Å². The summed E-state index contributed by atoms with van der Waals surface area (Å²) in [4.78, 5) is 17.0. The van der Waals surface area contributed by atoms with Gasteiger partial charge in [0.05, 0.1) is 32.5 Å². The van der Waals surface area contributed by atoms with Crippen molar-refractivity contribution in [2.24, 2.45) is 4.99 Å². The Morgan fingerprint density at radius 3 is 2.62 bits per heavy atom. The Labute approximate surface area is 181 Å². The highest BCUT2D eigenvalue weighted by Crippen LogP contribution is 2.31. The Morgan fingerprint density at radius 2 is 1.90 bits per heavy atom. The van der Waals surface area contributed by atoms with Gasteiger partial charge >= 0.3 is 0 Å². The third kappa shape index (κ3) is 4.24. The van der Waals surface area contributed by atoms with Crippen molar-refractivity contribution in [2.75, 3.05) is 10.6 Å². The monoisotopic (exact) mass is 450 g/mol. The van der Waals surface area contributed by atoms with Crippen LogP contribution in [0.2, 0.25) is 15.1 Å². The molecule has 0 fully saturated rings. The molecule has 0 spiro atoms. The zero-order valence-corrected chi connectivity index (χ0v) is 17.0. The normalized spacial score (nSPS) is 17.5. The van der Waals surface area contributed by atoms with Gasteiger partial charge in [0.1, 0.15) is 5.82 Å². The molecule has 0 saturated carbocycles. The molecule has 5 nitrogen and oxygen atoms in total. The summed E-state index contributed by atoms with van der Waals surface area (Å²) in [5, 5.41) is 9.92.